The summed E-state index contributed by atoms with van der Waals surface area (Å²) >= 11 is 0. The molecule has 0 unspecified atom stereocenters. The van der Waals surface area contributed by atoms with Crippen LogP contribution in [-0.2, 0) is 23.1 Å². The summed E-state index contributed by atoms with van der Waals surface area (Å²) in [5, 5.41) is 2.69. The zero-order valence-corrected chi connectivity index (χ0v) is 16.2. The minimum atomic E-state index is -3.45. The quantitative estimate of drug-likeness (QED) is 0.701. The van der Waals surface area contributed by atoms with Crippen LogP contribution in [0.4, 0.5) is 4.79 Å². The number of nitrogens with one attached hydrogen (secondary N) is 1. The van der Waals surface area contributed by atoms with Crippen molar-refractivity contribution in [1.29, 1.82) is 0 Å². The van der Waals surface area contributed by atoms with Gasteiger partial charge in [0.25, 0.3) is 0 Å². The fourth-order valence-corrected chi connectivity index (χ4v) is 3.07. The Morgan fingerprint density at radius 2 is 1.68 bits per heavy atom. The van der Waals surface area contributed by atoms with Crippen molar-refractivity contribution in [3.05, 3.63) is 35.9 Å². The maximum Gasteiger partial charge on any atom is 0.408 e. The Balaban J connectivity index is 2.87. The number of hydrogen-bond donors (Lipinski definition) is 1. The number of rotatable bonds is 8. The molecule has 0 saturated heterocycles. The summed E-state index contributed by atoms with van der Waals surface area (Å²) < 4.78 is 26.9. The van der Waals surface area contributed by atoms with Crippen LogP contribution in [0, 0.1) is 0 Å². The molecule has 1 aromatic rings. The second-order valence-electron chi connectivity index (χ2n) is 6.49. The summed E-state index contributed by atoms with van der Waals surface area (Å²) in [6.07, 6.45) is -1.05. The van der Waals surface area contributed by atoms with Gasteiger partial charge < -0.3 is 19.1 Å². The Labute approximate surface area is 148 Å². The number of ketones is 1. The lowest BCUT2D eigenvalue weighted by molar-refractivity contribution is -0.117. The summed E-state index contributed by atoms with van der Waals surface area (Å²) in [6.45, 7) is 5.26. The highest BCUT2D eigenvalue weighted by molar-refractivity contribution is 7.54. The van der Waals surface area contributed by atoms with E-state index < -0.39 is 25.3 Å². The molecule has 0 bridgehead atoms. The minimum absolute atomic E-state index is 0.0556. The van der Waals surface area contributed by atoms with Crippen LogP contribution in [0.5, 0.6) is 0 Å². The summed E-state index contributed by atoms with van der Waals surface area (Å²) in [4.78, 5) is 24.4. The molecule has 140 valence electrons. The number of benzene rings is 1. The average molecular weight is 371 g/mol. The van der Waals surface area contributed by atoms with Gasteiger partial charge in [-0.1, -0.05) is 30.3 Å². The van der Waals surface area contributed by atoms with Crippen molar-refractivity contribution in [2.24, 2.45) is 0 Å². The topological polar surface area (TPSA) is 90.9 Å². The first-order valence-electron chi connectivity index (χ1n) is 7.85. The van der Waals surface area contributed by atoms with E-state index in [4.69, 9.17) is 13.8 Å². The van der Waals surface area contributed by atoms with E-state index in [9.17, 15) is 14.2 Å². The van der Waals surface area contributed by atoms with E-state index in [1.165, 1.54) is 14.2 Å². The number of amides is 1. The standard InChI is InChI=1S/C17H26NO6P/c1-17(2,3)24-16(20)18-15(13-9-7-6-8-10-13)11-14(19)12-25(21,22-4)23-5/h6-10,15H,11-12H2,1-5H3,(H,18,20)/t15-/m1/s1. The van der Waals surface area contributed by atoms with Crippen LogP contribution in [0.2, 0.25) is 0 Å². The zero-order valence-electron chi connectivity index (χ0n) is 15.3. The summed E-state index contributed by atoms with van der Waals surface area (Å²) in [5.41, 5.74) is 0.0864. The molecule has 1 atom stereocenters. The van der Waals surface area contributed by atoms with Gasteiger partial charge in [-0.05, 0) is 26.3 Å². The molecule has 25 heavy (non-hydrogen) atoms. The lowest BCUT2D eigenvalue weighted by Crippen LogP contribution is -2.36. The van der Waals surface area contributed by atoms with Crippen LogP contribution in [0.15, 0.2) is 30.3 Å². The van der Waals surface area contributed by atoms with Crippen molar-refractivity contribution in [3.8, 4) is 0 Å². The van der Waals surface area contributed by atoms with Crippen molar-refractivity contribution >= 4 is 19.5 Å². The van der Waals surface area contributed by atoms with Gasteiger partial charge in [0, 0.05) is 20.6 Å². The molecule has 0 spiro atoms. The second kappa shape index (κ2) is 9.13. The number of ether oxygens (including phenoxy) is 1. The van der Waals surface area contributed by atoms with E-state index in [1.54, 1.807) is 45.0 Å². The predicted molar refractivity (Wildman–Crippen MR) is 94.7 cm³/mol. The Hall–Kier alpha value is -1.69. The fourth-order valence-electron chi connectivity index (χ4n) is 2.10. The first kappa shape index (κ1) is 21.4. The van der Waals surface area contributed by atoms with Crippen LogP contribution >= 0.6 is 7.60 Å². The van der Waals surface area contributed by atoms with Gasteiger partial charge in [0.05, 0.1) is 6.04 Å². The maximum atomic E-state index is 12.3. The molecule has 0 aromatic heterocycles. The van der Waals surface area contributed by atoms with E-state index in [0.29, 0.717) is 0 Å². The normalized spacial score (nSPS) is 13.2. The largest absolute Gasteiger partial charge is 0.444 e. The molecule has 0 radical (unpaired) electrons. The molecule has 1 rings (SSSR count). The third-order valence-electron chi connectivity index (χ3n) is 3.25. The van der Waals surface area contributed by atoms with Crippen LogP contribution in [0.1, 0.15) is 38.8 Å². The Kier molecular flexibility index (Phi) is 7.80. The molecule has 1 amide bonds. The second-order valence-corrected chi connectivity index (χ2v) is 8.75. The van der Waals surface area contributed by atoms with Crippen LogP contribution < -0.4 is 5.32 Å². The lowest BCUT2D eigenvalue weighted by Gasteiger charge is -2.24. The molecule has 0 aliphatic carbocycles. The molecule has 8 heteroatoms. The van der Waals surface area contributed by atoms with Gasteiger partial charge in [-0.3, -0.25) is 9.36 Å². The Bertz CT molecular complexity index is 618. The molecule has 0 heterocycles. The molecular weight excluding hydrogens is 345 g/mol. The van der Waals surface area contributed by atoms with E-state index in [0.717, 1.165) is 5.56 Å². The highest BCUT2D eigenvalue weighted by Crippen LogP contribution is 2.46. The summed E-state index contributed by atoms with van der Waals surface area (Å²) in [5.74, 6) is -0.350. The van der Waals surface area contributed by atoms with Gasteiger partial charge in [0.15, 0.2) is 0 Å². The smallest absolute Gasteiger partial charge is 0.408 e. The van der Waals surface area contributed by atoms with Gasteiger partial charge >= 0.3 is 13.7 Å². The van der Waals surface area contributed by atoms with Gasteiger partial charge in [0.2, 0.25) is 0 Å². The predicted octanol–water partition coefficient (Wildman–Crippen LogP) is 3.70. The summed E-state index contributed by atoms with van der Waals surface area (Å²) in [6, 6.07) is 8.42. The molecule has 0 aliphatic heterocycles. The Morgan fingerprint density at radius 1 is 1.12 bits per heavy atom. The number of alkyl carbamates (subject to hydrolysis) is 1. The molecule has 1 N–H and O–H groups in total. The average Bonchev–Trinajstić information content (AvgIpc) is 2.53. The summed E-state index contributed by atoms with van der Waals surface area (Å²) in [7, 11) is -0.992. The van der Waals surface area contributed by atoms with Gasteiger partial charge in [-0.25, -0.2) is 4.79 Å². The fraction of sp³-hybridized carbons (Fsp3) is 0.529. The van der Waals surface area contributed by atoms with Crippen molar-refractivity contribution in [1.82, 2.24) is 5.32 Å². The molecule has 0 saturated carbocycles. The monoisotopic (exact) mass is 371 g/mol. The van der Waals surface area contributed by atoms with E-state index in [1.807, 2.05) is 6.07 Å². The SMILES string of the molecule is COP(=O)(CC(=O)C[C@@H](NC(=O)OC(C)(C)C)c1ccccc1)OC. The maximum absolute atomic E-state index is 12.3. The first-order chi connectivity index (χ1) is 11.6. The number of hydrogen-bond acceptors (Lipinski definition) is 6. The molecule has 0 fully saturated rings. The van der Waals surface area contributed by atoms with Crippen LogP contribution in [0.25, 0.3) is 0 Å². The molecule has 0 aliphatic rings. The van der Waals surface area contributed by atoms with E-state index in [2.05, 4.69) is 5.32 Å². The molecule has 1 aromatic carbocycles. The van der Waals surface area contributed by atoms with Crippen molar-refractivity contribution < 1.29 is 27.9 Å². The van der Waals surface area contributed by atoms with Crippen LogP contribution in [-0.4, -0.2) is 37.9 Å². The van der Waals surface area contributed by atoms with E-state index in [-0.39, 0.29) is 18.4 Å². The number of carbonyl (C=O) groups is 2. The highest BCUT2D eigenvalue weighted by Gasteiger charge is 2.28. The zero-order chi connectivity index (χ0) is 19.1. The third kappa shape index (κ3) is 7.82. The van der Waals surface area contributed by atoms with Crippen molar-refractivity contribution in [2.75, 3.05) is 20.4 Å². The lowest BCUT2D eigenvalue weighted by atomic mass is 10.0. The minimum Gasteiger partial charge on any atom is -0.444 e. The van der Waals surface area contributed by atoms with Gasteiger partial charge in [0.1, 0.15) is 17.5 Å². The Morgan fingerprint density at radius 3 is 2.16 bits per heavy atom. The van der Waals surface area contributed by atoms with Crippen LogP contribution in [0.3, 0.4) is 0 Å². The van der Waals surface area contributed by atoms with E-state index >= 15 is 0 Å². The van der Waals surface area contributed by atoms with Gasteiger partial charge in [-0.15, -0.1) is 0 Å². The first-order valence-corrected chi connectivity index (χ1v) is 9.58. The van der Waals surface area contributed by atoms with Crippen molar-refractivity contribution in [3.63, 3.8) is 0 Å². The molecule has 7 nitrogen and oxygen atoms in total. The third-order valence-corrected chi connectivity index (χ3v) is 5.10. The number of Topliss-reactive ketones (excluding diaryl/α,β-unsaturated/α-hetero) is 1. The number of carbonyl (C=O) groups excluding carboxylic acids is 2. The van der Waals surface area contributed by atoms with Crippen molar-refractivity contribution in [2.45, 2.75) is 38.8 Å². The highest BCUT2D eigenvalue weighted by atomic mass is 31.2. The van der Waals surface area contributed by atoms with Gasteiger partial charge in [-0.2, -0.15) is 0 Å². The molecular formula is C17H26NO6P.